The van der Waals surface area contributed by atoms with Crippen LogP contribution in [-0.2, 0) is 4.79 Å². The lowest BCUT2D eigenvalue weighted by Gasteiger charge is -2.31. The van der Waals surface area contributed by atoms with Crippen molar-refractivity contribution in [2.75, 3.05) is 27.2 Å². The van der Waals surface area contributed by atoms with Gasteiger partial charge in [-0.15, -0.1) is 0 Å². The molecule has 0 saturated carbocycles. The summed E-state index contributed by atoms with van der Waals surface area (Å²) in [5, 5.41) is 2.83. The van der Waals surface area contributed by atoms with Crippen LogP contribution in [0, 0.1) is 0 Å². The Morgan fingerprint density at radius 3 is 2.29 bits per heavy atom. The van der Waals surface area contributed by atoms with Gasteiger partial charge in [0.05, 0.1) is 0 Å². The van der Waals surface area contributed by atoms with Gasteiger partial charge in [-0.1, -0.05) is 30.3 Å². The van der Waals surface area contributed by atoms with Crippen molar-refractivity contribution < 1.29 is 9.59 Å². The smallest absolute Gasteiger partial charge is 0.317 e. The fourth-order valence-corrected chi connectivity index (χ4v) is 2.48. The lowest BCUT2D eigenvalue weighted by atomic mass is 10.0. The van der Waals surface area contributed by atoms with E-state index in [0.29, 0.717) is 0 Å². The van der Waals surface area contributed by atoms with E-state index in [4.69, 9.17) is 0 Å². The van der Waals surface area contributed by atoms with Crippen molar-refractivity contribution in [2.45, 2.75) is 25.3 Å². The molecular formula is C16H23N3O2. The number of nitrogens with zero attached hydrogens (tertiary/aromatic N) is 2. The van der Waals surface area contributed by atoms with E-state index in [1.165, 1.54) is 11.3 Å². The molecule has 1 saturated heterocycles. The van der Waals surface area contributed by atoms with E-state index in [1.54, 1.807) is 14.1 Å². The SMILES string of the molecule is CN(C)C(=O)N[C@H](C(=O)N1CCCCC1)c1ccccc1. The van der Waals surface area contributed by atoms with Crippen LogP contribution in [0.4, 0.5) is 4.79 Å². The zero-order valence-electron chi connectivity index (χ0n) is 12.7. The van der Waals surface area contributed by atoms with E-state index in [0.717, 1.165) is 31.5 Å². The highest BCUT2D eigenvalue weighted by Gasteiger charge is 2.28. The molecule has 114 valence electrons. The van der Waals surface area contributed by atoms with E-state index < -0.39 is 6.04 Å². The molecule has 5 nitrogen and oxygen atoms in total. The van der Waals surface area contributed by atoms with Crippen LogP contribution in [0.2, 0.25) is 0 Å². The minimum Gasteiger partial charge on any atom is -0.341 e. The predicted octanol–water partition coefficient (Wildman–Crippen LogP) is 2.01. The lowest BCUT2D eigenvalue weighted by Crippen LogP contribution is -2.47. The molecule has 0 aromatic heterocycles. The fourth-order valence-electron chi connectivity index (χ4n) is 2.48. The van der Waals surface area contributed by atoms with Gasteiger partial charge in [0.25, 0.3) is 0 Å². The molecule has 1 atom stereocenters. The normalized spacial score (nSPS) is 16.2. The molecular weight excluding hydrogens is 266 g/mol. The highest BCUT2D eigenvalue weighted by atomic mass is 16.2. The second-order valence-corrected chi connectivity index (χ2v) is 5.57. The van der Waals surface area contributed by atoms with Gasteiger partial charge in [0.15, 0.2) is 0 Å². The number of likely N-dealkylation sites (tertiary alicyclic amines) is 1. The molecule has 1 heterocycles. The molecule has 2 rings (SSSR count). The van der Waals surface area contributed by atoms with Crippen LogP contribution in [0.3, 0.4) is 0 Å². The fraction of sp³-hybridized carbons (Fsp3) is 0.500. The summed E-state index contributed by atoms with van der Waals surface area (Å²) in [7, 11) is 3.34. The van der Waals surface area contributed by atoms with Gasteiger partial charge in [-0.2, -0.15) is 0 Å². The van der Waals surface area contributed by atoms with Gasteiger partial charge in [0.2, 0.25) is 5.91 Å². The summed E-state index contributed by atoms with van der Waals surface area (Å²) in [5.74, 6) is -0.0175. The van der Waals surface area contributed by atoms with E-state index in [9.17, 15) is 9.59 Å². The number of nitrogens with one attached hydrogen (secondary N) is 1. The van der Waals surface area contributed by atoms with Crippen LogP contribution in [0.25, 0.3) is 0 Å². The van der Waals surface area contributed by atoms with E-state index in [-0.39, 0.29) is 11.9 Å². The Bertz CT molecular complexity index is 482. The van der Waals surface area contributed by atoms with Crippen LogP contribution in [0.1, 0.15) is 30.9 Å². The van der Waals surface area contributed by atoms with Crippen molar-refractivity contribution in [2.24, 2.45) is 0 Å². The van der Waals surface area contributed by atoms with Crippen molar-refractivity contribution in [3.05, 3.63) is 35.9 Å². The van der Waals surface area contributed by atoms with Crippen LogP contribution < -0.4 is 5.32 Å². The van der Waals surface area contributed by atoms with Crippen LogP contribution in [0.15, 0.2) is 30.3 Å². The molecule has 0 unspecified atom stereocenters. The van der Waals surface area contributed by atoms with Crippen LogP contribution in [0.5, 0.6) is 0 Å². The Kier molecular flexibility index (Phi) is 5.20. The van der Waals surface area contributed by atoms with Crippen molar-refractivity contribution in [3.63, 3.8) is 0 Å². The Morgan fingerprint density at radius 2 is 1.71 bits per heavy atom. The number of rotatable bonds is 3. The topological polar surface area (TPSA) is 52.7 Å². The van der Waals surface area contributed by atoms with Gasteiger partial charge in [-0.25, -0.2) is 4.79 Å². The summed E-state index contributed by atoms with van der Waals surface area (Å²) in [5.41, 5.74) is 0.822. The summed E-state index contributed by atoms with van der Waals surface area (Å²) < 4.78 is 0. The summed E-state index contributed by atoms with van der Waals surface area (Å²) in [6.45, 7) is 1.56. The Balaban J connectivity index is 2.18. The lowest BCUT2D eigenvalue weighted by molar-refractivity contribution is -0.134. The number of carbonyl (C=O) groups excluding carboxylic acids is 2. The summed E-state index contributed by atoms with van der Waals surface area (Å²) in [4.78, 5) is 28.0. The first-order chi connectivity index (χ1) is 10.1. The Morgan fingerprint density at radius 1 is 1.10 bits per heavy atom. The number of hydrogen-bond acceptors (Lipinski definition) is 2. The first-order valence-corrected chi connectivity index (χ1v) is 7.41. The number of urea groups is 1. The maximum Gasteiger partial charge on any atom is 0.317 e. The predicted molar refractivity (Wildman–Crippen MR) is 81.8 cm³/mol. The van der Waals surface area contributed by atoms with Gasteiger partial charge in [-0.3, -0.25) is 4.79 Å². The third-order valence-electron chi connectivity index (χ3n) is 3.72. The molecule has 1 aromatic carbocycles. The second kappa shape index (κ2) is 7.11. The largest absolute Gasteiger partial charge is 0.341 e. The summed E-state index contributed by atoms with van der Waals surface area (Å²) >= 11 is 0. The van der Waals surface area contributed by atoms with Gasteiger partial charge in [-0.05, 0) is 24.8 Å². The molecule has 0 bridgehead atoms. The number of benzene rings is 1. The van der Waals surface area contributed by atoms with Gasteiger partial charge >= 0.3 is 6.03 Å². The molecule has 1 aliphatic rings. The maximum absolute atomic E-state index is 12.7. The maximum atomic E-state index is 12.7. The number of amides is 3. The standard InChI is InChI=1S/C16H23N3O2/c1-18(2)16(21)17-14(13-9-5-3-6-10-13)15(20)19-11-7-4-8-12-19/h3,5-6,9-10,14H,4,7-8,11-12H2,1-2H3,(H,17,21)/t14-/m0/s1. The van der Waals surface area contributed by atoms with Crippen molar-refractivity contribution >= 4 is 11.9 Å². The van der Waals surface area contributed by atoms with Crippen molar-refractivity contribution in [1.82, 2.24) is 15.1 Å². The molecule has 1 aromatic rings. The average molecular weight is 289 g/mol. The Hall–Kier alpha value is -2.04. The quantitative estimate of drug-likeness (QED) is 0.925. The molecule has 1 N–H and O–H groups in total. The molecule has 0 radical (unpaired) electrons. The van der Waals surface area contributed by atoms with Gasteiger partial charge in [0, 0.05) is 27.2 Å². The zero-order chi connectivity index (χ0) is 15.2. The third-order valence-corrected chi connectivity index (χ3v) is 3.72. The number of piperidine rings is 1. The zero-order valence-corrected chi connectivity index (χ0v) is 12.7. The molecule has 1 fully saturated rings. The molecule has 0 aliphatic carbocycles. The molecule has 1 aliphatic heterocycles. The van der Waals surface area contributed by atoms with E-state index in [2.05, 4.69) is 5.32 Å². The van der Waals surface area contributed by atoms with E-state index >= 15 is 0 Å². The molecule has 21 heavy (non-hydrogen) atoms. The van der Waals surface area contributed by atoms with Gasteiger partial charge < -0.3 is 15.1 Å². The van der Waals surface area contributed by atoms with Crippen molar-refractivity contribution in [3.8, 4) is 0 Å². The second-order valence-electron chi connectivity index (χ2n) is 5.57. The monoisotopic (exact) mass is 289 g/mol. The average Bonchev–Trinajstić information content (AvgIpc) is 2.53. The third kappa shape index (κ3) is 3.97. The Labute approximate surface area is 125 Å². The molecule has 5 heteroatoms. The van der Waals surface area contributed by atoms with Crippen LogP contribution in [-0.4, -0.2) is 48.9 Å². The molecule has 3 amide bonds. The summed E-state index contributed by atoms with van der Waals surface area (Å²) in [6, 6.07) is 8.56. The highest BCUT2D eigenvalue weighted by molar-refractivity contribution is 5.88. The van der Waals surface area contributed by atoms with E-state index in [1.807, 2.05) is 35.2 Å². The van der Waals surface area contributed by atoms with Crippen molar-refractivity contribution in [1.29, 1.82) is 0 Å². The first kappa shape index (κ1) is 15.4. The summed E-state index contributed by atoms with van der Waals surface area (Å²) in [6.07, 6.45) is 3.24. The van der Waals surface area contributed by atoms with Crippen LogP contribution >= 0.6 is 0 Å². The molecule has 0 spiro atoms. The minimum atomic E-state index is -0.612. The first-order valence-electron chi connectivity index (χ1n) is 7.41. The minimum absolute atomic E-state index is 0.0175. The highest BCUT2D eigenvalue weighted by Crippen LogP contribution is 2.19. The number of carbonyl (C=O) groups is 2. The number of hydrogen-bond donors (Lipinski definition) is 1. The van der Waals surface area contributed by atoms with Gasteiger partial charge in [0.1, 0.15) is 6.04 Å².